The van der Waals surface area contributed by atoms with Crippen LogP contribution in [-0.2, 0) is 21.9 Å². The van der Waals surface area contributed by atoms with Crippen LogP contribution in [0.1, 0.15) is 39.0 Å². The topological polar surface area (TPSA) is 75.5 Å². The minimum atomic E-state index is -3.64. The van der Waals surface area contributed by atoms with E-state index >= 15 is 0 Å². The molecule has 1 aromatic rings. The van der Waals surface area contributed by atoms with Crippen molar-refractivity contribution in [1.82, 2.24) is 18.8 Å². The predicted octanol–water partition coefficient (Wildman–Crippen LogP) is 0.974. The average molecular weight is 340 g/mol. The highest BCUT2D eigenvalue weighted by molar-refractivity contribution is 7.89. The first-order chi connectivity index (χ1) is 10.8. The third-order valence-electron chi connectivity index (χ3n) is 5.41. The minimum Gasteiger partial charge on any atom is -0.339 e. The fourth-order valence-electron chi connectivity index (χ4n) is 4.23. The summed E-state index contributed by atoms with van der Waals surface area (Å²) in [5.74, 6) is 0.112. The summed E-state index contributed by atoms with van der Waals surface area (Å²) in [5.41, 5.74) is -0.369. The van der Waals surface area contributed by atoms with Crippen LogP contribution in [0.2, 0.25) is 0 Å². The molecule has 2 aliphatic heterocycles. The molecular weight excluding hydrogens is 316 g/mol. The highest BCUT2D eigenvalue weighted by Gasteiger charge is 2.54. The maximum atomic E-state index is 13.0. The first kappa shape index (κ1) is 16.4. The third-order valence-corrected chi connectivity index (χ3v) is 7.20. The largest absolute Gasteiger partial charge is 0.339 e. The van der Waals surface area contributed by atoms with Crippen LogP contribution in [0.15, 0.2) is 17.6 Å². The Bertz CT molecular complexity index is 714. The van der Waals surface area contributed by atoms with Gasteiger partial charge < -0.3 is 9.47 Å². The molecule has 0 bridgehead atoms. The fourth-order valence-corrected chi connectivity index (χ4v) is 6.00. The summed E-state index contributed by atoms with van der Waals surface area (Å²) < 4.78 is 29.3. The number of carbonyl (C=O) groups excluding carboxylic acids is 1. The number of carbonyl (C=O) groups is 1. The molecule has 0 saturated carbocycles. The normalized spacial score (nSPS) is 29.6. The van der Waals surface area contributed by atoms with E-state index in [1.54, 1.807) is 20.8 Å². The molecule has 8 heteroatoms. The van der Waals surface area contributed by atoms with Crippen molar-refractivity contribution in [2.24, 2.45) is 7.05 Å². The molecule has 1 aromatic heterocycles. The van der Waals surface area contributed by atoms with Gasteiger partial charge in [-0.25, -0.2) is 13.4 Å². The first-order valence-electron chi connectivity index (χ1n) is 8.09. The molecule has 0 unspecified atom stereocenters. The van der Waals surface area contributed by atoms with Gasteiger partial charge in [0.25, 0.3) is 10.0 Å². The Morgan fingerprint density at radius 3 is 2.61 bits per heavy atom. The van der Waals surface area contributed by atoms with E-state index in [1.165, 1.54) is 12.5 Å². The van der Waals surface area contributed by atoms with Gasteiger partial charge in [0.1, 0.15) is 0 Å². The SMILES string of the molecule is CC[C@H]1N(S(=O)(=O)c2cn(C)cn2)CCC[C@]12CCC(=O)N2C. The van der Waals surface area contributed by atoms with Gasteiger partial charge >= 0.3 is 0 Å². The summed E-state index contributed by atoms with van der Waals surface area (Å²) in [7, 11) is -0.0746. The molecule has 3 rings (SSSR count). The molecule has 7 nitrogen and oxygen atoms in total. The van der Waals surface area contributed by atoms with Crippen LogP contribution < -0.4 is 0 Å². The molecule has 2 aliphatic rings. The minimum absolute atomic E-state index is 0.0856. The molecule has 0 N–H and O–H groups in total. The highest BCUT2D eigenvalue weighted by atomic mass is 32.2. The van der Waals surface area contributed by atoms with Crippen molar-refractivity contribution >= 4 is 15.9 Å². The molecule has 1 spiro atoms. The molecule has 2 fully saturated rings. The summed E-state index contributed by atoms with van der Waals surface area (Å²) in [6.07, 6.45) is 6.58. The molecule has 3 heterocycles. The standard InChI is InChI=1S/C15H24N4O3S/c1-4-12-15(8-6-14(20)18(15)3)7-5-9-19(12)23(21,22)13-10-17(2)11-16-13/h10-12H,4-9H2,1-3H3/t12-,15+/m1/s1. The highest BCUT2D eigenvalue weighted by Crippen LogP contribution is 2.43. The number of rotatable bonds is 3. The first-order valence-corrected chi connectivity index (χ1v) is 9.53. The smallest absolute Gasteiger partial charge is 0.262 e. The van der Waals surface area contributed by atoms with Crippen LogP contribution in [0.3, 0.4) is 0 Å². The van der Waals surface area contributed by atoms with Gasteiger partial charge in [0.15, 0.2) is 5.03 Å². The Kier molecular flexibility index (Phi) is 4.00. The van der Waals surface area contributed by atoms with Crippen molar-refractivity contribution in [2.45, 2.75) is 55.6 Å². The van der Waals surface area contributed by atoms with Crippen molar-refractivity contribution < 1.29 is 13.2 Å². The van der Waals surface area contributed by atoms with E-state index in [-0.39, 0.29) is 22.5 Å². The van der Waals surface area contributed by atoms with Crippen molar-refractivity contribution in [1.29, 1.82) is 0 Å². The molecule has 2 atom stereocenters. The van der Waals surface area contributed by atoms with Gasteiger partial charge in [-0.15, -0.1) is 0 Å². The lowest BCUT2D eigenvalue weighted by Gasteiger charge is -2.50. The lowest BCUT2D eigenvalue weighted by atomic mass is 9.79. The van der Waals surface area contributed by atoms with Gasteiger partial charge in [0.2, 0.25) is 5.91 Å². The molecule has 23 heavy (non-hydrogen) atoms. The van der Waals surface area contributed by atoms with E-state index in [4.69, 9.17) is 0 Å². The maximum Gasteiger partial charge on any atom is 0.262 e. The quantitative estimate of drug-likeness (QED) is 0.822. The fraction of sp³-hybridized carbons (Fsp3) is 0.733. The number of likely N-dealkylation sites (N-methyl/N-ethyl adjacent to an activating group) is 1. The van der Waals surface area contributed by atoms with Gasteiger partial charge in [0.05, 0.1) is 11.9 Å². The van der Waals surface area contributed by atoms with Crippen LogP contribution in [-0.4, -0.2) is 58.3 Å². The monoisotopic (exact) mass is 340 g/mol. The van der Waals surface area contributed by atoms with Crippen molar-refractivity contribution in [3.8, 4) is 0 Å². The molecule has 128 valence electrons. The molecule has 0 aliphatic carbocycles. The van der Waals surface area contributed by atoms with Gasteiger partial charge in [-0.1, -0.05) is 6.92 Å². The number of aryl methyl sites for hydroxylation is 1. The van der Waals surface area contributed by atoms with Crippen LogP contribution in [0.4, 0.5) is 0 Å². The summed E-state index contributed by atoms with van der Waals surface area (Å²) in [6.45, 7) is 2.48. The van der Waals surface area contributed by atoms with Crippen molar-refractivity contribution in [3.05, 3.63) is 12.5 Å². The Labute approximate surface area is 137 Å². The van der Waals surface area contributed by atoms with Gasteiger partial charge in [0, 0.05) is 39.3 Å². The number of piperidine rings is 1. The van der Waals surface area contributed by atoms with Crippen molar-refractivity contribution in [3.63, 3.8) is 0 Å². The molecule has 1 amide bonds. The number of amides is 1. The summed E-state index contributed by atoms with van der Waals surface area (Å²) in [5, 5.41) is 0.0856. The number of aromatic nitrogens is 2. The zero-order chi connectivity index (χ0) is 16.8. The average Bonchev–Trinajstić information content (AvgIpc) is 3.08. The maximum absolute atomic E-state index is 13.0. The van der Waals surface area contributed by atoms with E-state index in [0.29, 0.717) is 19.4 Å². The van der Waals surface area contributed by atoms with Crippen molar-refractivity contribution in [2.75, 3.05) is 13.6 Å². The number of hydrogen-bond donors (Lipinski definition) is 0. The van der Waals surface area contributed by atoms with Gasteiger partial charge in [-0.2, -0.15) is 4.31 Å². The second-order valence-corrected chi connectivity index (χ2v) is 8.41. The Morgan fingerprint density at radius 1 is 1.35 bits per heavy atom. The lowest BCUT2D eigenvalue weighted by molar-refractivity contribution is -0.131. The van der Waals surface area contributed by atoms with Crippen LogP contribution in [0.25, 0.3) is 0 Å². The molecule has 0 radical (unpaired) electrons. The number of nitrogens with zero attached hydrogens (tertiary/aromatic N) is 4. The Hall–Kier alpha value is -1.41. The third kappa shape index (κ3) is 2.39. The summed E-state index contributed by atoms with van der Waals surface area (Å²) in [4.78, 5) is 17.9. The van der Waals surface area contributed by atoms with E-state index in [9.17, 15) is 13.2 Å². The number of likely N-dealkylation sites (tertiary alicyclic amines) is 1. The molecular formula is C15H24N4O3S. The van der Waals surface area contributed by atoms with Crippen LogP contribution in [0.5, 0.6) is 0 Å². The zero-order valence-electron chi connectivity index (χ0n) is 13.9. The predicted molar refractivity (Wildman–Crippen MR) is 85.1 cm³/mol. The van der Waals surface area contributed by atoms with E-state index < -0.39 is 10.0 Å². The van der Waals surface area contributed by atoms with Crippen LogP contribution in [0, 0.1) is 0 Å². The lowest BCUT2D eigenvalue weighted by Crippen LogP contribution is -2.63. The van der Waals surface area contributed by atoms with E-state index in [0.717, 1.165) is 19.3 Å². The second-order valence-electron chi connectivity index (χ2n) is 6.58. The molecule has 2 saturated heterocycles. The Morgan fingerprint density at radius 2 is 2.09 bits per heavy atom. The summed E-state index contributed by atoms with van der Waals surface area (Å²) >= 11 is 0. The second kappa shape index (κ2) is 5.59. The zero-order valence-corrected chi connectivity index (χ0v) is 14.7. The summed E-state index contributed by atoms with van der Waals surface area (Å²) in [6, 6.07) is -0.195. The van der Waals surface area contributed by atoms with E-state index in [1.807, 2.05) is 14.0 Å². The Balaban J connectivity index is 2.01. The van der Waals surface area contributed by atoms with Gasteiger partial charge in [-0.05, 0) is 25.7 Å². The number of imidazole rings is 1. The van der Waals surface area contributed by atoms with E-state index in [2.05, 4.69) is 4.98 Å². The number of sulfonamides is 1. The molecule has 0 aromatic carbocycles. The van der Waals surface area contributed by atoms with Gasteiger partial charge in [-0.3, -0.25) is 4.79 Å². The van der Waals surface area contributed by atoms with Crippen LogP contribution >= 0.6 is 0 Å². The number of hydrogen-bond acceptors (Lipinski definition) is 4.